The summed E-state index contributed by atoms with van der Waals surface area (Å²) < 4.78 is 12.4. The van der Waals surface area contributed by atoms with E-state index in [0.29, 0.717) is 16.7 Å². The van der Waals surface area contributed by atoms with Crippen LogP contribution in [-0.2, 0) is 11.2 Å². The summed E-state index contributed by atoms with van der Waals surface area (Å²) in [5.41, 5.74) is 0.632. The number of rotatable bonds is 2. The van der Waals surface area contributed by atoms with Gasteiger partial charge in [-0.2, -0.15) is 0 Å². The zero-order chi connectivity index (χ0) is 20.9. The lowest BCUT2D eigenvalue weighted by Gasteiger charge is -2.18. The second-order valence-corrected chi connectivity index (χ2v) is 9.34. The van der Waals surface area contributed by atoms with Crippen LogP contribution in [0.3, 0.4) is 0 Å². The first-order chi connectivity index (χ1) is 13.7. The molecule has 0 fully saturated rings. The van der Waals surface area contributed by atoms with Gasteiger partial charge in [0, 0.05) is 19.7 Å². The van der Waals surface area contributed by atoms with Gasteiger partial charge in [0.05, 0.1) is 10.8 Å². The summed E-state index contributed by atoms with van der Waals surface area (Å²) in [6, 6.07) is 13.4. The van der Waals surface area contributed by atoms with Crippen molar-refractivity contribution in [2.75, 3.05) is 0 Å². The van der Waals surface area contributed by atoms with Gasteiger partial charge in [0.15, 0.2) is 0 Å². The van der Waals surface area contributed by atoms with Crippen molar-refractivity contribution in [3.63, 3.8) is 0 Å². The van der Waals surface area contributed by atoms with E-state index in [1.807, 2.05) is 57.2 Å². The minimum absolute atomic E-state index is 0.313. The average molecular weight is 500 g/mol. The van der Waals surface area contributed by atoms with Crippen LogP contribution in [0.15, 0.2) is 51.7 Å². The number of hydrogen-bond acceptors (Lipinski definition) is 4. The number of carbonyl (C=O) groups excluding carboxylic acids is 1. The van der Waals surface area contributed by atoms with E-state index in [2.05, 4.69) is 29.5 Å². The monoisotopic (exact) mass is 500 g/mol. The van der Waals surface area contributed by atoms with Crippen molar-refractivity contribution < 1.29 is 13.9 Å². The Morgan fingerprint density at radius 3 is 2.38 bits per heavy atom. The highest BCUT2D eigenvalue weighted by molar-refractivity contribution is 14.1. The molecule has 0 atom stereocenters. The van der Waals surface area contributed by atoms with E-state index in [1.165, 1.54) is 0 Å². The molecule has 3 aromatic carbocycles. The molecule has 0 aliphatic carbocycles. The first-order valence-electron chi connectivity index (χ1n) is 9.53. The van der Waals surface area contributed by atoms with E-state index >= 15 is 0 Å². The third-order valence-corrected chi connectivity index (χ3v) is 5.95. The van der Waals surface area contributed by atoms with E-state index in [9.17, 15) is 9.59 Å². The summed E-state index contributed by atoms with van der Waals surface area (Å²) in [6.45, 7) is 7.50. The maximum Gasteiger partial charge on any atom is 0.344 e. The van der Waals surface area contributed by atoms with Gasteiger partial charge >= 0.3 is 11.6 Å². The van der Waals surface area contributed by atoms with Crippen LogP contribution >= 0.6 is 22.6 Å². The van der Waals surface area contributed by atoms with E-state index in [0.717, 1.165) is 37.1 Å². The molecule has 1 heterocycles. The molecular weight excluding hydrogens is 479 g/mol. The third-order valence-electron chi connectivity index (χ3n) is 5.06. The van der Waals surface area contributed by atoms with Gasteiger partial charge in [0.2, 0.25) is 0 Å². The molecule has 4 rings (SSSR count). The Bertz CT molecular complexity index is 1340. The van der Waals surface area contributed by atoms with Gasteiger partial charge < -0.3 is 9.15 Å². The lowest BCUT2D eigenvalue weighted by molar-refractivity contribution is -0.142. The zero-order valence-corrected chi connectivity index (χ0v) is 18.9. The lowest BCUT2D eigenvalue weighted by atomic mass is 9.97. The van der Waals surface area contributed by atoms with Crippen LogP contribution in [0.5, 0.6) is 5.75 Å². The Hall–Kier alpha value is -2.41. The van der Waals surface area contributed by atoms with Crippen LogP contribution in [0.25, 0.3) is 32.5 Å². The Morgan fingerprint density at radius 1 is 1.00 bits per heavy atom. The molecule has 29 heavy (non-hydrogen) atoms. The minimum atomic E-state index is -0.619. The molecule has 0 N–H and O–H groups in total. The SMILES string of the molecule is CCc1ccc2c(c1)c(=O)oc1c2ccc2c(OC(=O)C(C)(C)C)ccc(I)c21. The molecule has 4 nitrogen and oxygen atoms in total. The van der Waals surface area contributed by atoms with Crippen LogP contribution in [0.1, 0.15) is 33.3 Å². The number of aryl methyl sites for hydroxylation is 1. The number of halogens is 1. The third kappa shape index (κ3) is 3.41. The molecule has 0 spiro atoms. The highest BCUT2D eigenvalue weighted by Crippen LogP contribution is 2.37. The van der Waals surface area contributed by atoms with E-state index in [-0.39, 0.29) is 11.6 Å². The highest BCUT2D eigenvalue weighted by atomic mass is 127. The highest BCUT2D eigenvalue weighted by Gasteiger charge is 2.25. The van der Waals surface area contributed by atoms with E-state index in [4.69, 9.17) is 9.15 Å². The van der Waals surface area contributed by atoms with Crippen molar-refractivity contribution in [3.05, 3.63) is 62.0 Å². The quantitative estimate of drug-likeness (QED) is 0.108. The fourth-order valence-corrected chi connectivity index (χ4v) is 4.09. The molecule has 1 aromatic heterocycles. The van der Waals surface area contributed by atoms with Crippen LogP contribution < -0.4 is 10.4 Å². The molecule has 148 valence electrons. The Balaban J connectivity index is 2.04. The van der Waals surface area contributed by atoms with Crippen LogP contribution in [-0.4, -0.2) is 5.97 Å². The molecule has 0 bridgehead atoms. The van der Waals surface area contributed by atoms with Crippen molar-refractivity contribution in [1.82, 2.24) is 0 Å². The van der Waals surface area contributed by atoms with Crippen molar-refractivity contribution in [2.24, 2.45) is 5.41 Å². The van der Waals surface area contributed by atoms with Crippen molar-refractivity contribution in [1.29, 1.82) is 0 Å². The van der Waals surface area contributed by atoms with Gasteiger partial charge in [-0.05, 0) is 91.1 Å². The van der Waals surface area contributed by atoms with Crippen LogP contribution in [0.4, 0.5) is 0 Å². The molecule has 0 aliphatic rings. The Labute approximate surface area is 182 Å². The first-order valence-corrected chi connectivity index (χ1v) is 10.6. The average Bonchev–Trinajstić information content (AvgIpc) is 2.68. The predicted molar refractivity (Wildman–Crippen MR) is 125 cm³/mol. The van der Waals surface area contributed by atoms with Crippen LogP contribution in [0.2, 0.25) is 0 Å². The van der Waals surface area contributed by atoms with Crippen LogP contribution in [0, 0.1) is 8.99 Å². The smallest absolute Gasteiger partial charge is 0.344 e. The van der Waals surface area contributed by atoms with Gasteiger partial charge in [-0.15, -0.1) is 0 Å². The largest absolute Gasteiger partial charge is 0.425 e. The molecule has 0 aliphatic heterocycles. The molecule has 0 saturated heterocycles. The topological polar surface area (TPSA) is 56.5 Å². The Morgan fingerprint density at radius 2 is 1.69 bits per heavy atom. The number of esters is 1. The fourth-order valence-electron chi connectivity index (χ4n) is 3.37. The zero-order valence-electron chi connectivity index (χ0n) is 16.8. The number of fused-ring (bicyclic) bond motifs is 5. The molecule has 0 unspecified atom stereocenters. The number of hydrogen-bond donors (Lipinski definition) is 0. The normalized spacial score (nSPS) is 12.0. The molecule has 0 radical (unpaired) electrons. The Kier molecular flexibility index (Phi) is 4.89. The summed E-state index contributed by atoms with van der Waals surface area (Å²) in [7, 11) is 0. The fraction of sp³-hybridized carbons (Fsp3) is 0.250. The molecule has 0 amide bonds. The number of carbonyl (C=O) groups is 1. The molecule has 0 saturated carbocycles. The summed E-state index contributed by atoms with van der Waals surface area (Å²) in [5, 5.41) is 3.84. The number of benzene rings is 3. The molecular formula is C24H21IO4. The van der Waals surface area contributed by atoms with Gasteiger partial charge in [-0.25, -0.2) is 4.79 Å². The molecule has 4 aromatic rings. The maximum atomic E-state index is 12.8. The standard InChI is InChI=1S/C24H21IO4/c1-5-13-6-7-14-15-8-9-16-19(28-23(27)24(2,3)4)11-10-18(25)20(16)21(15)29-22(26)17(14)12-13/h6-12H,5H2,1-4H3. The van der Waals surface area contributed by atoms with E-state index < -0.39 is 5.41 Å². The lowest BCUT2D eigenvalue weighted by Crippen LogP contribution is -2.25. The second kappa shape index (κ2) is 7.13. The van der Waals surface area contributed by atoms with E-state index in [1.54, 1.807) is 6.07 Å². The van der Waals surface area contributed by atoms with Gasteiger partial charge in [0.25, 0.3) is 0 Å². The maximum absolute atomic E-state index is 12.8. The summed E-state index contributed by atoms with van der Waals surface area (Å²) >= 11 is 2.22. The first kappa shape index (κ1) is 19.9. The van der Waals surface area contributed by atoms with Crippen molar-refractivity contribution in [3.8, 4) is 5.75 Å². The minimum Gasteiger partial charge on any atom is -0.425 e. The summed E-state index contributed by atoms with van der Waals surface area (Å²) in [6.07, 6.45) is 0.853. The van der Waals surface area contributed by atoms with Gasteiger partial charge in [0.1, 0.15) is 11.3 Å². The second-order valence-electron chi connectivity index (χ2n) is 8.17. The van der Waals surface area contributed by atoms with Crippen molar-refractivity contribution in [2.45, 2.75) is 34.1 Å². The predicted octanol–water partition coefficient (Wildman–Crippen LogP) is 6.22. The molecule has 5 heteroatoms. The summed E-state index contributed by atoms with van der Waals surface area (Å²) in [4.78, 5) is 25.2. The van der Waals surface area contributed by atoms with Crippen molar-refractivity contribution >= 4 is 61.1 Å². The summed E-state index contributed by atoms with van der Waals surface area (Å²) in [5.74, 6) is 0.151. The van der Waals surface area contributed by atoms with Gasteiger partial charge in [-0.3, -0.25) is 4.79 Å². The van der Waals surface area contributed by atoms with Gasteiger partial charge in [-0.1, -0.05) is 19.1 Å². The number of ether oxygens (including phenoxy) is 1.